The standard InChI is InChI=1S/C18H9F3N2O2/c19-10-6-9(7-11(20)14(10)21)16-13-12(17(24)23-16)15(22-18(13)25)8-4-2-1-3-5-8/h1-7H,(H,22,25)(H,23,24). The zero-order valence-electron chi connectivity index (χ0n) is 12.5. The predicted molar refractivity (Wildman–Crippen MR) is 82.9 cm³/mol. The first-order valence-corrected chi connectivity index (χ1v) is 7.29. The molecule has 2 N–H and O–H groups in total. The van der Waals surface area contributed by atoms with Crippen molar-refractivity contribution in [3.8, 4) is 0 Å². The highest BCUT2D eigenvalue weighted by atomic mass is 19.2. The Labute approximate surface area is 139 Å². The Morgan fingerprint density at radius 3 is 1.68 bits per heavy atom. The predicted octanol–water partition coefficient (Wildman–Crippen LogP) is 2.49. The van der Waals surface area contributed by atoms with Gasteiger partial charge in [-0.05, 0) is 17.7 Å². The molecule has 0 bridgehead atoms. The molecule has 0 atom stereocenters. The van der Waals surface area contributed by atoms with Crippen molar-refractivity contribution >= 4 is 23.2 Å². The van der Waals surface area contributed by atoms with Crippen molar-refractivity contribution in [3.05, 3.63) is 82.2 Å². The van der Waals surface area contributed by atoms with E-state index in [2.05, 4.69) is 10.6 Å². The molecule has 0 saturated heterocycles. The highest BCUT2D eigenvalue weighted by molar-refractivity contribution is 6.30. The van der Waals surface area contributed by atoms with Crippen LogP contribution >= 0.6 is 0 Å². The summed E-state index contributed by atoms with van der Waals surface area (Å²) in [6.07, 6.45) is 0. The number of fused-ring (bicyclic) bond motifs is 1. The first kappa shape index (κ1) is 15.2. The topological polar surface area (TPSA) is 58.2 Å². The minimum Gasteiger partial charge on any atom is -0.321 e. The van der Waals surface area contributed by atoms with E-state index in [1.807, 2.05) is 0 Å². The van der Waals surface area contributed by atoms with Crippen LogP contribution in [-0.2, 0) is 9.59 Å². The van der Waals surface area contributed by atoms with Crippen LogP contribution in [0.3, 0.4) is 0 Å². The average Bonchev–Trinajstić information content (AvgIpc) is 3.12. The number of nitrogens with one attached hydrogen (secondary N) is 2. The lowest BCUT2D eigenvalue weighted by molar-refractivity contribution is -0.117. The van der Waals surface area contributed by atoms with Crippen LogP contribution in [0.2, 0.25) is 0 Å². The Hall–Kier alpha value is -3.35. The van der Waals surface area contributed by atoms with E-state index in [4.69, 9.17) is 0 Å². The van der Waals surface area contributed by atoms with E-state index in [0.29, 0.717) is 11.3 Å². The van der Waals surface area contributed by atoms with Crippen LogP contribution in [0.5, 0.6) is 0 Å². The van der Waals surface area contributed by atoms with Crippen LogP contribution in [0, 0.1) is 17.5 Å². The second-order valence-corrected chi connectivity index (χ2v) is 5.53. The Morgan fingerprint density at radius 1 is 0.680 bits per heavy atom. The van der Waals surface area contributed by atoms with Crippen molar-refractivity contribution in [1.82, 2.24) is 10.6 Å². The maximum Gasteiger partial charge on any atom is 0.258 e. The van der Waals surface area contributed by atoms with Gasteiger partial charge in [0, 0.05) is 5.56 Å². The zero-order chi connectivity index (χ0) is 17.7. The second kappa shape index (κ2) is 5.34. The molecular formula is C18H9F3N2O2. The molecule has 0 fully saturated rings. The number of benzene rings is 2. The first-order chi connectivity index (χ1) is 12.0. The fourth-order valence-electron chi connectivity index (χ4n) is 2.92. The lowest BCUT2D eigenvalue weighted by Crippen LogP contribution is -2.21. The number of hydrogen-bond donors (Lipinski definition) is 2. The summed E-state index contributed by atoms with van der Waals surface area (Å²) in [5.74, 6) is -5.58. The molecule has 124 valence electrons. The van der Waals surface area contributed by atoms with Crippen molar-refractivity contribution in [2.45, 2.75) is 0 Å². The van der Waals surface area contributed by atoms with Gasteiger partial charge in [0.15, 0.2) is 17.5 Å². The van der Waals surface area contributed by atoms with Crippen molar-refractivity contribution in [1.29, 1.82) is 0 Å². The van der Waals surface area contributed by atoms with Crippen molar-refractivity contribution < 1.29 is 22.8 Å². The summed E-state index contributed by atoms with van der Waals surface area (Å²) < 4.78 is 40.2. The molecule has 2 amide bonds. The molecule has 2 aromatic rings. The Bertz CT molecular complexity index is 987. The third-order valence-corrected chi connectivity index (χ3v) is 4.02. The lowest BCUT2D eigenvalue weighted by atomic mass is 10.0. The van der Waals surface area contributed by atoms with Gasteiger partial charge in [-0.3, -0.25) is 9.59 Å². The number of halogens is 3. The van der Waals surface area contributed by atoms with Crippen LogP contribution in [0.1, 0.15) is 11.1 Å². The summed E-state index contributed by atoms with van der Waals surface area (Å²) in [4.78, 5) is 24.7. The molecule has 0 aromatic heterocycles. The third kappa shape index (κ3) is 2.24. The van der Waals surface area contributed by atoms with Crippen LogP contribution in [0.4, 0.5) is 13.2 Å². The molecule has 0 radical (unpaired) electrons. The summed E-state index contributed by atoms with van der Waals surface area (Å²) in [6.45, 7) is 0. The molecule has 4 nitrogen and oxygen atoms in total. The fraction of sp³-hybridized carbons (Fsp3) is 0. The molecule has 25 heavy (non-hydrogen) atoms. The SMILES string of the molecule is O=C1NC(c2cc(F)c(F)c(F)c2)=C2C(=O)NC(c3ccccc3)=C12. The minimum absolute atomic E-state index is 0.0192. The van der Waals surface area contributed by atoms with Crippen molar-refractivity contribution in [2.75, 3.05) is 0 Å². The second-order valence-electron chi connectivity index (χ2n) is 5.53. The van der Waals surface area contributed by atoms with E-state index >= 15 is 0 Å². The molecular weight excluding hydrogens is 333 g/mol. The number of carbonyl (C=O) groups is 2. The van der Waals surface area contributed by atoms with Gasteiger partial charge in [0.05, 0.1) is 22.5 Å². The quantitative estimate of drug-likeness (QED) is 0.824. The van der Waals surface area contributed by atoms with Gasteiger partial charge >= 0.3 is 0 Å². The molecule has 2 heterocycles. The Kier molecular flexibility index (Phi) is 3.24. The minimum atomic E-state index is -1.62. The summed E-state index contributed by atoms with van der Waals surface area (Å²) >= 11 is 0. The molecule has 2 aliphatic heterocycles. The van der Waals surface area contributed by atoms with Crippen LogP contribution in [0.25, 0.3) is 11.4 Å². The monoisotopic (exact) mass is 342 g/mol. The molecule has 0 spiro atoms. The van der Waals surface area contributed by atoms with Gasteiger partial charge in [-0.2, -0.15) is 0 Å². The average molecular weight is 342 g/mol. The van der Waals surface area contributed by atoms with Gasteiger partial charge < -0.3 is 10.6 Å². The van der Waals surface area contributed by atoms with Gasteiger partial charge in [-0.1, -0.05) is 30.3 Å². The van der Waals surface area contributed by atoms with Crippen LogP contribution in [-0.4, -0.2) is 11.8 Å². The largest absolute Gasteiger partial charge is 0.321 e. The van der Waals surface area contributed by atoms with E-state index < -0.39 is 29.3 Å². The highest BCUT2D eigenvalue weighted by Crippen LogP contribution is 2.37. The first-order valence-electron chi connectivity index (χ1n) is 7.29. The van der Waals surface area contributed by atoms with Crippen molar-refractivity contribution in [2.24, 2.45) is 0 Å². The van der Waals surface area contributed by atoms with Gasteiger partial charge in [0.25, 0.3) is 11.8 Å². The smallest absolute Gasteiger partial charge is 0.258 e. The number of carbonyl (C=O) groups excluding carboxylic acids is 2. The summed E-state index contributed by atoms with van der Waals surface area (Å²) in [5.41, 5.74) is 0.830. The van der Waals surface area contributed by atoms with Gasteiger partial charge in [-0.15, -0.1) is 0 Å². The van der Waals surface area contributed by atoms with E-state index in [0.717, 1.165) is 12.1 Å². The summed E-state index contributed by atoms with van der Waals surface area (Å²) in [6, 6.07) is 10.2. The lowest BCUT2D eigenvalue weighted by Gasteiger charge is -2.08. The number of rotatable bonds is 2. The fourth-order valence-corrected chi connectivity index (χ4v) is 2.92. The molecule has 0 aliphatic carbocycles. The molecule has 7 heteroatoms. The van der Waals surface area contributed by atoms with E-state index in [1.165, 1.54) is 0 Å². The van der Waals surface area contributed by atoms with Gasteiger partial charge in [0.1, 0.15) is 0 Å². The molecule has 2 aromatic carbocycles. The van der Waals surface area contributed by atoms with E-state index in [-0.39, 0.29) is 22.4 Å². The normalized spacial score (nSPS) is 16.3. The molecule has 4 rings (SSSR count). The molecule has 2 aliphatic rings. The third-order valence-electron chi connectivity index (χ3n) is 4.02. The number of amides is 2. The maximum atomic E-state index is 13.5. The highest BCUT2D eigenvalue weighted by Gasteiger charge is 2.41. The molecule has 0 saturated carbocycles. The summed E-state index contributed by atoms with van der Waals surface area (Å²) in [5, 5.41) is 5.05. The van der Waals surface area contributed by atoms with Crippen LogP contribution in [0.15, 0.2) is 53.6 Å². The Balaban J connectivity index is 1.93. The van der Waals surface area contributed by atoms with Gasteiger partial charge in [0.2, 0.25) is 0 Å². The number of hydrogen-bond acceptors (Lipinski definition) is 2. The zero-order valence-corrected chi connectivity index (χ0v) is 12.5. The summed E-state index contributed by atoms with van der Waals surface area (Å²) in [7, 11) is 0. The van der Waals surface area contributed by atoms with Crippen molar-refractivity contribution in [3.63, 3.8) is 0 Å². The van der Waals surface area contributed by atoms with E-state index in [1.54, 1.807) is 30.3 Å². The maximum absolute atomic E-state index is 13.5. The van der Waals surface area contributed by atoms with E-state index in [9.17, 15) is 22.8 Å². The molecule has 0 unspecified atom stereocenters. The van der Waals surface area contributed by atoms with Crippen LogP contribution < -0.4 is 10.6 Å². The Morgan fingerprint density at radius 2 is 1.16 bits per heavy atom. The van der Waals surface area contributed by atoms with Gasteiger partial charge in [-0.25, -0.2) is 13.2 Å².